The van der Waals surface area contributed by atoms with Crippen molar-refractivity contribution in [1.29, 1.82) is 0 Å². The molecule has 6 aromatic rings. The molecule has 0 aliphatic carbocycles. The number of anilines is 2. The second kappa shape index (κ2) is 11.8. The van der Waals surface area contributed by atoms with E-state index in [0.717, 1.165) is 11.1 Å². The van der Waals surface area contributed by atoms with Gasteiger partial charge in [-0.15, -0.1) is 0 Å². The van der Waals surface area contributed by atoms with E-state index < -0.39 is 9.84 Å². The van der Waals surface area contributed by atoms with Gasteiger partial charge in [-0.05, 0) is 71.8 Å². The maximum absolute atomic E-state index is 14.3. The molecule has 0 amide bonds. The first-order chi connectivity index (χ1) is 20.9. The molecule has 0 bridgehead atoms. The Balaban J connectivity index is 1.50. The molecule has 0 aliphatic rings. The van der Waals surface area contributed by atoms with E-state index in [1.807, 2.05) is 72.8 Å². The molecule has 0 atom stereocenters. The lowest BCUT2D eigenvalue weighted by atomic mass is 9.93. The van der Waals surface area contributed by atoms with Crippen molar-refractivity contribution in [2.45, 2.75) is 9.79 Å². The maximum Gasteiger partial charge on any atom is 0.207 e. The van der Waals surface area contributed by atoms with Gasteiger partial charge in [0.2, 0.25) is 9.84 Å². The van der Waals surface area contributed by atoms with Crippen LogP contribution in [-0.2, 0) is 9.84 Å². The Morgan fingerprint density at radius 2 is 1.00 bits per heavy atom. The van der Waals surface area contributed by atoms with Gasteiger partial charge in [0.05, 0.1) is 9.79 Å². The first kappa shape index (κ1) is 27.6. The number of hydrogen-bond donors (Lipinski definition) is 2. The van der Waals surface area contributed by atoms with E-state index in [4.69, 9.17) is 20.9 Å². The van der Waals surface area contributed by atoms with E-state index >= 15 is 0 Å². The average molecular weight is 585 g/mol. The predicted octanol–water partition coefficient (Wildman–Crippen LogP) is 8.60. The molecule has 0 aliphatic heterocycles. The molecule has 7 heteroatoms. The van der Waals surface area contributed by atoms with Crippen LogP contribution in [0.15, 0.2) is 155 Å². The lowest BCUT2D eigenvalue weighted by Crippen LogP contribution is -2.06. The van der Waals surface area contributed by atoms with Gasteiger partial charge in [0.15, 0.2) is 0 Å². The third kappa shape index (κ3) is 5.93. The molecule has 0 radical (unpaired) electrons. The second-order valence-corrected chi connectivity index (χ2v) is 11.8. The van der Waals surface area contributed by atoms with Crippen LogP contribution in [0.25, 0.3) is 22.3 Å². The van der Waals surface area contributed by atoms with Crippen molar-refractivity contribution in [3.05, 3.63) is 146 Å². The highest BCUT2D eigenvalue weighted by Crippen LogP contribution is 2.46. The molecule has 6 nitrogen and oxygen atoms in total. The smallest absolute Gasteiger partial charge is 0.207 e. The summed E-state index contributed by atoms with van der Waals surface area (Å²) in [6.07, 6.45) is 0. The number of nitrogens with two attached hydrogens (primary N) is 2. The van der Waals surface area contributed by atoms with Crippen molar-refractivity contribution in [3.63, 3.8) is 0 Å². The van der Waals surface area contributed by atoms with Crippen LogP contribution in [0, 0.1) is 0 Å². The van der Waals surface area contributed by atoms with Crippen molar-refractivity contribution < 1.29 is 17.9 Å². The number of benzene rings is 6. The van der Waals surface area contributed by atoms with Gasteiger partial charge >= 0.3 is 0 Å². The minimum atomic E-state index is -3.99. The normalized spacial score (nSPS) is 11.2. The Kier molecular flexibility index (Phi) is 7.56. The fraction of sp³-hybridized carbons (Fsp3) is 0. The van der Waals surface area contributed by atoms with Crippen LogP contribution < -0.4 is 20.9 Å². The van der Waals surface area contributed by atoms with E-state index in [9.17, 15) is 8.42 Å². The lowest BCUT2D eigenvalue weighted by molar-refractivity contribution is 0.482. The van der Waals surface area contributed by atoms with Crippen LogP contribution in [0.1, 0.15) is 0 Å². The highest BCUT2D eigenvalue weighted by Gasteiger charge is 2.27. The number of sulfone groups is 1. The number of nitrogen functional groups attached to an aromatic ring is 2. The van der Waals surface area contributed by atoms with Crippen LogP contribution >= 0.6 is 0 Å². The van der Waals surface area contributed by atoms with Crippen molar-refractivity contribution in [3.8, 4) is 45.3 Å². The summed E-state index contributed by atoms with van der Waals surface area (Å²) in [5.74, 6) is 2.09. The van der Waals surface area contributed by atoms with Crippen molar-refractivity contribution >= 4 is 21.2 Å². The minimum absolute atomic E-state index is 0.133. The number of rotatable bonds is 8. The van der Waals surface area contributed by atoms with Gasteiger partial charge in [0.25, 0.3) is 0 Å². The second-order valence-electron chi connectivity index (χ2n) is 9.87. The van der Waals surface area contributed by atoms with Gasteiger partial charge in [-0.2, -0.15) is 0 Å². The molecule has 0 spiro atoms. The average Bonchev–Trinajstić information content (AvgIpc) is 3.02. The van der Waals surface area contributed by atoms with Gasteiger partial charge in [-0.3, -0.25) is 0 Å². The van der Waals surface area contributed by atoms with Gasteiger partial charge in [0.1, 0.15) is 23.0 Å². The Labute approximate surface area is 250 Å². The summed E-state index contributed by atoms with van der Waals surface area (Å²) in [5, 5.41) is 0. The van der Waals surface area contributed by atoms with Crippen LogP contribution in [0.5, 0.6) is 23.0 Å². The highest BCUT2D eigenvalue weighted by atomic mass is 32.2. The van der Waals surface area contributed by atoms with Crippen LogP contribution in [0.4, 0.5) is 11.4 Å². The van der Waals surface area contributed by atoms with Gasteiger partial charge < -0.3 is 20.9 Å². The Morgan fingerprint density at radius 3 is 1.56 bits per heavy atom. The lowest BCUT2D eigenvalue weighted by Gasteiger charge is -2.20. The van der Waals surface area contributed by atoms with Crippen molar-refractivity contribution in [2.24, 2.45) is 0 Å². The predicted molar refractivity (Wildman–Crippen MR) is 171 cm³/mol. The molecule has 212 valence electrons. The third-order valence-electron chi connectivity index (χ3n) is 6.86. The summed E-state index contributed by atoms with van der Waals surface area (Å²) in [7, 11) is -3.99. The molecule has 0 unspecified atom stereocenters. The molecule has 0 aromatic heterocycles. The highest BCUT2D eigenvalue weighted by molar-refractivity contribution is 7.91. The zero-order valence-corrected chi connectivity index (χ0v) is 23.9. The zero-order valence-electron chi connectivity index (χ0n) is 23.1. The molecule has 0 saturated carbocycles. The summed E-state index contributed by atoms with van der Waals surface area (Å²) in [6, 6.07) is 42.9. The number of hydrogen-bond acceptors (Lipinski definition) is 6. The summed E-state index contributed by atoms with van der Waals surface area (Å²) < 4.78 is 40.9. The monoisotopic (exact) mass is 584 g/mol. The third-order valence-corrected chi connectivity index (χ3v) is 8.67. The molecule has 0 heterocycles. The Bertz CT molecular complexity index is 1990. The summed E-state index contributed by atoms with van der Waals surface area (Å²) in [6.45, 7) is 0. The summed E-state index contributed by atoms with van der Waals surface area (Å²) in [4.78, 5) is 0.287. The van der Waals surface area contributed by atoms with Crippen LogP contribution in [0.2, 0.25) is 0 Å². The van der Waals surface area contributed by atoms with Gasteiger partial charge in [-0.1, -0.05) is 72.8 Å². The molecular weight excluding hydrogens is 556 g/mol. The maximum atomic E-state index is 14.3. The molecule has 0 saturated heterocycles. The van der Waals surface area contributed by atoms with Crippen molar-refractivity contribution in [1.82, 2.24) is 0 Å². The first-order valence-corrected chi connectivity index (χ1v) is 15.1. The molecule has 43 heavy (non-hydrogen) atoms. The van der Waals surface area contributed by atoms with Gasteiger partial charge in [0, 0.05) is 34.6 Å². The van der Waals surface area contributed by atoms with Crippen LogP contribution in [0.3, 0.4) is 0 Å². The minimum Gasteiger partial charge on any atom is -0.457 e. The SMILES string of the molecule is Nc1cccc(Oc2ccc(S(=O)(=O)c3ccc(Oc4cccc(N)c4)c(-c4ccccc4)c3-c3ccccc3)cc2)c1. The Hall–Kier alpha value is -5.53. The topological polar surface area (TPSA) is 105 Å². The van der Waals surface area contributed by atoms with Gasteiger partial charge in [-0.25, -0.2) is 8.42 Å². The standard InChI is InChI=1S/C36H28N2O4S/c37-27-13-7-15-30(23-27)41-29-17-19-32(20-18-29)43(39,40)34-22-21-33(42-31-16-8-14-28(38)24-31)35(25-9-3-1-4-10-25)36(34)26-11-5-2-6-12-26/h1-24H,37-38H2. The summed E-state index contributed by atoms with van der Waals surface area (Å²) >= 11 is 0. The summed E-state index contributed by atoms with van der Waals surface area (Å²) in [5.41, 5.74) is 15.7. The fourth-order valence-corrected chi connectivity index (χ4v) is 6.37. The molecule has 4 N–H and O–H groups in total. The number of ether oxygens (including phenoxy) is 2. The fourth-order valence-electron chi connectivity index (χ4n) is 4.89. The quantitative estimate of drug-likeness (QED) is 0.174. The zero-order chi connectivity index (χ0) is 29.8. The van der Waals surface area contributed by atoms with E-state index in [2.05, 4.69) is 0 Å². The molecule has 6 rings (SSSR count). The molecule has 0 fully saturated rings. The largest absolute Gasteiger partial charge is 0.457 e. The first-order valence-electron chi connectivity index (χ1n) is 13.6. The van der Waals surface area contributed by atoms with E-state index in [0.29, 0.717) is 45.5 Å². The van der Waals surface area contributed by atoms with Crippen molar-refractivity contribution in [2.75, 3.05) is 11.5 Å². The van der Waals surface area contributed by atoms with E-state index in [1.165, 1.54) is 0 Å². The van der Waals surface area contributed by atoms with E-state index in [-0.39, 0.29) is 9.79 Å². The molecule has 6 aromatic carbocycles. The Morgan fingerprint density at radius 1 is 0.465 bits per heavy atom. The molecular formula is C36H28N2O4S. The van der Waals surface area contributed by atoms with Crippen LogP contribution in [-0.4, -0.2) is 8.42 Å². The van der Waals surface area contributed by atoms with E-state index in [1.54, 1.807) is 72.8 Å².